The van der Waals surface area contributed by atoms with Crippen molar-refractivity contribution in [3.05, 3.63) is 51.7 Å². The quantitative estimate of drug-likeness (QED) is 0.545. The number of hydrogen-bond donors (Lipinski definition) is 3. The Morgan fingerprint density at radius 3 is 2.80 bits per heavy atom. The molecule has 3 N–H and O–H groups in total. The average molecular weight is 273 g/mol. The van der Waals surface area contributed by atoms with E-state index in [0.29, 0.717) is 12.0 Å². The molecular formula is C13H15N5O2. The molecule has 1 amide bonds. The lowest BCUT2D eigenvalue weighted by molar-refractivity contribution is -0.121. The number of hydrazone groups is 1. The Morgan fingerprint density at radius 1 is 1.40 bits per heavy atom. The fourth-order valence-corrected chi connectivity index (χ4v) is 1.70. The van der Waals surface area contributed by atoms with Gasteiger partial charge in [-0.3, -0.25) is 19.7 Å². The molecule has 0 saturated carbocycles. The standard InChI is InChI=1S/C13H15N5O2/c1-9-11(13(20)18-16-9)2-3-12(19)17-15-8-10-4-6-14-7-5-10/h4-8H,2-3H2,1H3,(H,17,19)(H2,16,18,20)/b15-8-. The van der Waals surface area contributed by atoms with Crippen LogP contribution in [0.25, 0.3) is 0 Å². The molecule has 0 spiro atoms. The number of amides is 1. The first kappa shape index (κ1) is 13.7. The van der Waals surface area contributed by atoms with Crippen molar-refractivity contribution >= 4 is 12.1 Å². The number of pyridine rings is 1. The van der Waals surface area contributed by atoms with Gasteiger partial charge in [-0.25, -0.2) is 5.43 Å². The predicted octanol–water partition coefficient (Wildman–Crippen LogP) is 0.489. The molecule has 0 fully saturated rings. The molecule has 2 rings (SSSR count). The smallest absolute Gasteiger partial charge is 0.267 e. The highest BCUT2D eigenvalue weighted by Crippen LogP contribution is 2.00. The maximum Gasteiger partial charge on any atom is 0.267 e. The number of carbonyl (C=O) groups is 1. The first-order chi connectivity index (χ1) is 9.66. The number of aromatic nitrogens is 3. The van der Waals surface area contributed by atoms with Crippen molar-refractivity contribution in [1.29, 1.82) is 0 Å². The second-order valence-electron chi connectivity index (χ2n) is 4.26. The van der Waals surface area contributed by atoms with Crippen LogP contribution in [0.15, 0.2) is 34.4 Å². The highest BCUT2D eigenvalue weighted by atomic mass is 16.2. The summed E-state index contributed by atoms with van der Waals surface area (Å²) in [6.07, 6.45) is 5.40. The van der Waals surface area contributed by atoms with Gasteiger partial charge in [-0.2, -0.15) is 5.10 Å². The van der Waals surface area contributed by atoms with Crippen LogP contribution < -0.4 is 11.0 Å². The molecule has 7 heteroatoms. The predicted molar refractivity (Wildman–Crippen MR) is 74.4 cm³/mol. The molecule has 2 aromatic heterocycles. The van der Waals surface area contributed by atoms with Crippen molar-refractivity contribution in [2.45, 2.75) is 19.8 Å². The Hall–Kier alpha value is -2.70. The maximum atomic E-state index is 11.6. The summed E-state index contributed by atoms with van der Waals surface area (Å²) in [6, 6.07) is 3.55. The zero-order valence-corrected chi connectivity index (χ0v) is 11.0. The molecule has 0 aliphatic carbocycles. The van der Waals surface area contributed by atoms with Crippen molar-refractivity contribution in [2.24, 2.45) is 5.10 Å². The van der Waals surface area contributed by atoms with E-state index in [0.717, 1.165) is 11.3 Å². The number of hydrogen-bond acceptors (Lipinski definition) is 4. The molecule has 0 aliphatic heterocycles. The second-order valence-corrected chi connectivity index (χ2v) is 4.26. The van der Waals surface area contributed by atoms with Crippen LogP contribution in [0.4, 0.5) is 0 Å². The van der Waals surface area contributed by atoms with Crippen LogP contribution in [-0.2, 0) is 11.2 Å². The molecule has 0 aliphatic rings. The van der Waals surface area contributed by atoms with Crippen molar-refractivity contribution in [1.82, 2.24) is 20.6 Å². The van der Waals surface area contributed by atoms with Crippen LogP contribution in [0.2, 0.25) is 0 Å². The second kappa shape index (κ2) is 6.46. The third kappa shape index (κ3) is 3.64. The van der Waals surface area contributed by atoms with Crippen LogP contribution in [-0.4, -0.2) is 27.3 Å². The first-order valence-electron chi connectivity index (χ1n) is 6.15. The fraction of sp³-hybridized carbons (Fsp3) is 0.231. The van der Waals surface area contributed by atoms with Gasteiger partial charge in [-0.05, 0) is 31.0 Å². The number of nitrogens with one attached hydrogen (secondary N) is 3. The molecule has 2 aromatic rings. The van der Waals surface area contributed by atoms with Crippen LogP contribution in [0.1, 0.15) is 23.2 Å². The largest absolute Gasteiger partial charge is 0.302 e. The number of aromatic amines is 2. The molecule has 0 bridgehead atoms. The molecule has 0 radical (unpaired) electrons. The summed E-state index contributed by atoms with van der Waals surface area (Å²) in [5.41, 5.74) is 4.43. The van der Waals surface area contributed by atoms with E-state index in [4.69, 9.17) is 0 Å². The normalized spacial score (nSPS) is 10.8. The van der Waals surface area contributed by atoms with E-state index < -0.39 is 0 Å². The Bertz CT molecular complexity index is 657. The Morgan fingerprint density at radius 2 is 2.15 bits per heavy atom. The Labute approximate surface area is 115 Å². The van der Waals surface area contributed by atoms with Gasteiger partial charge >= 0.3 is 0 Å². The van der Waals surface area contributed by atoms with E-state index in [9.17, 15) is 9.59 Å². The Balaban J connectivity index is 1.82. The third-order valence-electron chi connectivity index (χ3n) is 2.80. The van der Waals surface area contributed by atoms with E-state index in [-0.39, 0.29) is 17.9 Å². The minimum absolute atomic E-state index is 0.185. The summed E-state index contributed by atoms with van der Waals surface area (Å²) in [7, 11) is 0. The molecule has 0 aromatic carbocycles. The molecular weight excluding hydrogens is 258 g/mol. The van der Waals surface area contributed by atoms with Crippen LogP contribution in [0, 0.1) is 6.92 Å². The monoisotopic (exact) mass is 273 g/mol. The Kier molecular flexibility index (Phi) is 4.43. The summed E-state index contributed by atoms with van der Waals surface area (Å²) >= 11 is 0. The zero-order valence-electron chi connectivity index (χ0n) is 11.0. The minimum atomic E-state index is -0.240. The highest BCUT2D eigenvalue weighted by Gasteiger charge is 2.08. The van der Waals surface area contributed by atoms with Gasteiger partial charge in [-0.1, -0.05) is 0 Å². The van der Waals surface area contributed by atoms with Crippen molar-refractivity contribution < 1.29 is 4.79 Å². The lowest BCUT2D eigenvalue weighted by atomic mass is 10.1. The van der Waals surface area contributed by atoms with Crippen molar-refractivity contribution in [3.63, 3.8) is 0 Å². The average Bonchev–Trinajstić information content (AvgIpc) is 2.77. The topological polar surface area (TPSA) is 103 Å². The van der Waals surface area contributed by atoms with Crippen LogP contribution in [0.3, 0.4) is 0 Å². The third-order valence-corrected chi connectivity index (χ3v) is 2.80. The lowest BCUT2D eigenvalue weighted by Crippen LogP contribution is -2.19. The first-order valence-corrected chi connectivity index (χ1v) is 6.15. The van der Waals surface area contributed by atoms with Crippen molar-refractivity contribution in [2.75, 3.05) is 0 Å². The summed E-state index contributed by atoms with van der Waals surface area (Å²) in [5, 5.41) is 9.04. The number of H-pyrrole nitrogens is 2. The van der Waals surface area contributed by atoms with Gasteiger partial charge in [0.15, 0.2) is 0 Å². The molecule has 0 saturated heterocycles. The summed E-state index contributed by atoms with van der Waals surface area (Å²) < 4.78 is 0. The number of rotatable bonds is 5. The molecule has 7 nitrogen and oxygen atoms in total. The van der Waals surface area contributed by atoms with Gasteiger partial charge in [-0.15, -0.1) is 0 Å². The van der Waals surface area contributed by atoms with E-state index in [1.165, 1.54) is 6.21 Å². The number of aryl methyl sites for hydroxylation is 1. The number of nitrogens with zero attached hydrogens (tertiary/aromatic N) is 2. The van der Waals surface area contributed by atoms with Crippen molar-refractivity contribution in [3.8, 4) is 0 Å². The van der Waals surface area contributed by atoms with E-state index >= 15 is 0 Å². The molecule has 104 valence electrons. The van der Waals surface area contributed by atoms with E-state index in [1.807, 2.05) is 0 Å². The maximum absolute atomic E-state index is 11.6. The van der Waals surface area contributed by atoms with Gasteiger partial charge in [0.2, 0.25) is 5.91 Å². The zero-order chi connectivity index (χ0) is 14.4. The highest BCUT2D eigenvalue weighted by molar-refractivity contribution is 5.82. The van der Waals surface area contributed by atoms with Crippen LogP contribution in [0.5, 0.6) is 0 Å². The molecule has 2 heterocycles. The fourth-order valence-electron chi connectivity index (χ4n) is 1.70. The molecule has 0 unspecified atom stereocenters. The summed E-state index contributed by atoms with van der Waals surface area (Å²) in [5.74, 6) is -0.240. The summed E-state index contributed by atoms with van der Waals surface area (Å²) in [4.78, 5) is 26.9. The minimum Gasteiger partial charge on any atom is -0.302 e. The lowest BCUT2D eigenvalue weighted by Gasteiger charge is -1.99. The van der Waals surface area contributed by atoms with Gasteiger partial charge < -0.3 is 5.10 Å². The van der Waals surface area contributed by atoms with Gasteiger partial charge in [0.25, 0.3) is 5.56 Å². The molecule has 20 heavy (non-hydrogen) atoms. The van der Waals surface area contributed by atoms with Gasteiger partial charge in [0.1, 0.15) is 0 Å². The molecule has 0 atom stereocenters. The van der Waals surface area contributed by atoms with Crippen LogP contribution >= 0.6 is 0 Å². The SMILES string of the molecule is Cc1[nH][nH]c(=O)c1CCC(=O)N/N=C\c1ccncc1. The van der Waals surface area contributed by atoms with Gasteiger partial charge in [0.05, 0.1) is 6.21 Å². The van der Waals surface area contributed by atoms with Gasteiger partial charge in [0, 0.05) is 30.1 Å². The number of carbonyl (C=O) groups excluding carboxylic acids is 1. The summed E-state index contributed by atoms with van der Waals surface area (Å²) in [6.45, 7) is 1.78. The van der Waals surface area contributed by atoms with E-state index in [1.54, 1.807) is 31.5 Å². The van der Waals surface area contributed by atoms with E-state index in [2.05, 4.69) is 25.7 Å².